The Labute approximate surface area is 91.0 Å². The van der Waals surface area contributed by atoms with Crippen LogP contribution in [0.2, 0.25) is 0 Å². The molecule has 0 atom stereocenters. The molecular weight excluding hydrogens is 261 g/mol. The lowest BCUT2D eigenvalue weighted by molar-refractivity contribution is -0.178. The number of hydrogen-bond donors (Lipinski definition) is 0. The Bertz CT molecular complexity index is 295. The highest BCUT2D eigenvalue weighted by atomic mass is 19.4. The molecule has 0 amide bonds. The molecule has 2 nitrogen and oxygen atoms in total. The molecule has 0 radical (unpaired) electrons. The van der Waals surface area contributed by atoms with Crippen LogP contribution in [0.15, 0.2) is 12.2 Å². The maximum absolute atomic E-state index is 12.2. The quantitative estimate of drug-likeness (QED) is 0.435. The van der Waals surface area contributed by atoms with Crippen LogP contribution in [0.1, 0.15) is 6.42 Å². The van der Waals surface area contributed by atoms with Crippen molar-refractivity contribution in [1.29, 1.82) is 0 Å². The van der Waals surface area contributed by atoms with Crippen LogP contribution >= 0.6 is 0 Å². The predicted molar refractivity (Wildman–Crippen MR) is 41.7 cm³/mol. The molecule has 0 spiro atoms. The number of alkyl halides is 7. The monoisotopic (exact) mass is 268 g/mol. The van der Waals surface area contributed by atoms with Gasteiger partial charge >= 0.3 is 24.5 Å². The van der Waals surface area contributed by atoms with Gasteiger partial charge in [-0.2, -0.15) is 22.0 Å². The maximum atomic E-state index is 12.2. The first kappa shape index (κ1) is 15.7. The summed E-state index contributed by atoms with van der Waals surface area (Å²) in [5, 5.41) is 0. The Morgan fingerprint density at radius 2 is 1.65 bits per heavy atom. The van der Waals surface area contributed by atoms with Crippen molar-refractivity contribution in [3.8, 4) is 0 Å². The molecule has 0 aliphatic carbocycles. The van der Waals surface area contributed by atoms with Gasteiger partial charge in [0.25, 0.3) is 0 Å². The third-order valence-electron chi connectivity index (χ3n) is 1.42. The summed E-state index contributed by atoms with van der Waals surface area (Å²) >= 11 is 0. The Balaban J connectivity index is 4.25. The summed E-state index contributed by atoms with van der Waals surface area (Å²) in [7, 11) is 0. The van der Waals surface area contributed by atoms with E-state index in [0.29, 0.717) is 0 Å². The molecule has 0 aromatic carbocycles. The van der Waals surface area contributed by atoms with Crippen LogP contribution in [0.25, 0.3) is 0 Å². The molecule has 100 valence electrons. The van der Waals surface area contributed by atoms with E-state index < -0.39 is 43.1 Å². The molecule has 0 saturated carbocycles. The average Bonchev–Trinajstić information content (AvgIpc) is 2.11. The summed E-state index contributed by atoms with van der Waals surface area (Å²) < 4.78 is 86.4. The van der Waals surface area contributed by atoms with Crippen LogP contribution in [0.3, 0.4) is 0 Å². The van der Waals surface area contributed by atoms with Gasteiger partial charge in [0.05, 0.1) is 6.42 Å². The van der Waals surface area contributed by atoms with E-state index in [4.69, 9.17) is 0 Å². The standard InChI is InChI=1S/C8H7F7O2/c1-4(2-8(13,14)15)5(16)17-3-7(11,12)6(9)10/h6H,1-3H2. The van der Waals surface area contributed by atoms with Crippen LogP contribution in [0.4, 0.5) is 30.7 Å². The Kier molecular flexibility index (Phi) is 4.96. The Hall–Kier alpha value is -1.28. The average molecular weight is 268 g/mol. The summed E-state index contributed by atoms with van der Waals surface area (Å²) in [5.74, 6) is -6.39. The van der Waals surface area contributed by atoms with Gasteiger partial charge in [-0.25, -0.2) is 13.6 Å². The highest BCUT2D eigenvalue weighted by molar-refractivity contribution is 5.87. The largest absolute Gasteiger partial charge is 0.456 e. The van der Waals surface area contributed by atoms with E-state index in [1.54, 1.807) is 0 Å². The third kappa shape index (κ3) is 6.12. The molecule has 0 heterocycles. The first-order valence-electron chi connectivity index (χ1n) is 4.03. The number of hydrogen-bond acceptors (Lipinski definition) is 2. The van der Waals surface area contributed by atoms with E-state index >= 15 is 0 Å². The fourth-order valence-electron chi connectivity index (χ4n) is 0.641. The van der Waals surface area contributed by atoms with Crippen molar-refractivity contribution in [3.05, 3.63) is 12.2 Å². The van der Waals surface area contributed by atoms with Gasteiger partial charge in [-0.3, -0.25) is 0 Å². The molecule has 0 unspecified atom stereocenters. The molecule has 0 saturated heterocycles. The van der Waals surface area contributed by atoms with Crippen LogP contribution in [-0.2, 0) is 9.53 Å². The van der Waals surface area contributed by atoms with Gasteiger partial charge < -0.3 is 4.74 Å². The molecule has 17 heavy (non-hydrogen) atoms. The highest BCUT2D eigenvalue weighted by Gasteiger charge is 2.42. The lowest BCUT2D eigenvalue weighted by Gasteiger charge is -2.15. The van der Waals surface area contributed by atoms with Crippen LogP contribution in [-0.4, -0.2) is 31.1 Å². The second-order valence-corrected chi connectivity index (χ2v) is 3.03. The minimum absolute atomic E-state index is 1.14. The SMILES string of the molecule is C=C(CC(F)(F)F)C(=O)OCC(F)(F)C(F)F. The number of ether oxygens (including phenoxy) is 1. The topological polar surface area (TPSA) is 26.3 Å². The number of halogens is 7. The molecule has 0 aromatic heterocycles. The first-order chi connectivity index (χ1) is 7.46. The Morgan fingerprint density at radius 1 is 1.18 bits per heavy atom. The van der Waals surface area contributed by atoms with E-state index in [0.717, 1.165) is 0 Å². The van der Waals surface area contributed by atoms with Crippen molar-refractivity contribution in [1.82, 2.24) is 0 Å². The summed E-state index contributed by atoms with van der Waals surface area (Å²) in [6.07, 6.45) is -10.6. The molecule has 0 fully saturated rings. The molecule has 0 N–H and O–H groups in total. The van der Waals surface area contributed by atoms with Crippen molar-refractivity contribution < 1.29 is 40.3 Å². The zero-order valence-corrected chi connectivity index (χ0v) is 8.16. The van der Waals surface area contributed by atoms with E-state index in [2.05, 4.69) is 11.3 Å². The molecule has 0 aromatic rings. The smallest absolute Gasteiger partial charge is 0.393 e. The maximum Gasteiger partial charge on any atom is 0.393 e. The minimum Gasteiger partial charge on any atom is -0.456 e. The molecule has 0 bridgehead atoms. The lowest BCUT2D eigenvalue weighted by atomic mass is 10.2. The second-order valence-electron chi connectivity index (χ2n) is 3.03. The fraction of sp³-hybridized carbons (Fsp3) is 0.625. The lowest BCUT2D eigenvalue weighted by Crippen LogP contribution is -2.33. The molecule has 0 rings (SSSR count). The summed E-state index contributed by atoms with van der Waals surface area (Å²) in [6.45, 7) is 0.659. The zero-order valence-electron chi connectivity index (χ0n) is 8.16. The van der Waals surface area contributed by atoms with Gasteiger partial charge in [-0.15, -0.1) is 0 Å². The van der Waals surface area contributed by atoms with Crippen molar-refractivity contribution >= 4 is 5.97 Å². The first-order valence-corrected chi connectivity index (χ1v) is 4.03. The van der Waals surface area contributed by atoms with Crippen LogP contribution < -0.4 is 0 Å². The van der Waals surface area contributed by atoms with E-state index in [1.807, 2.05) is 0 Å². The molecule has 0 aliphatic rings. The summed E-state index contributed by atoms with van der Waals surface area (Å²) in [5.41, 5.74) is -1.14. The number of carbonyl (C=O) groups excluding carboxylic acids is 1. The van der Waals surface area contributed by atoms with Crippen molar-refractivity contribution in [3.63, 3.8) is 0 Å². The van der Waals surface area contributed by atoms with Crippen LogP contribution in [0, 0.1) is 0 Å². The van der Waals surface area contributed by atoms with Crippen molar-refractivity contribution in [2.75, 3.05) is 6.61 Å². The number of esters is 1. The van der Waals surface area contributed by atoms with Crippen LogP contribution in [0.5, 0.6) is 0 Å². The van der Waals surface area contributed by atoms with E-state index in [1.165, 1.54) is 0 Å². The van der Waals surface area contributed by atoms with Gasteiger partial charge in [-0.1, -0.05) is 6.58 Å². The van der Waals surface area contributed by atoms with Gasteiger partial charge in [0.2, 0.25) is 0 Å². The number of rotatable bonds is 5. The molecule has 0 aliphatic heterocycles. The summed E-state index contributed by atoms with van der Waals surface area (Å²) in [6, 6.07) is 0. The van der Waals surface area contributed by atoms with Crippen molar-refractivity contribution in [2.45, 2.75) is 24.9 Å². The minimum atomic E-state index is -4.76. The molecule has 9 heteroatoms. The van der Waals surface area contributed by atoms with Gasteiger partial charge in [0.1, 0.15) is 0 Å². The number of carbonyl (C=O) groups is 1. The highest BCUT2D eigenvalue weighted by Crippen LogP contribution is 2.26. The Morgan fingerprint density at radius 3 is 2.00 bits per heavy atom. The fourth-order valence-corrected chi connectivity index (χ4v) is 0.641. The van der Waals surface area contributed by atoms with Gasteiger partial charge in [0, 0.05) is 5.57 Å². The van der Waals surface area contributed by atoms with Crippen molar-refractivity contribution in [2.24, 2.45) is 0 Å². The van der Waals surface area contributed by atoms with E-state index in [-0.39, 0.29) is 0 Å². The predicted octanol–water partition coefficient (Wildman–Crippen LogP) is 2.94. The second kappa shape index (κ2) is 5.37. The zero-order chi connectivity index (χ0) is 13.9. The van der Waals surface area contributed by atoms with Gasteiger partial charge in [0.15, 0.2) is 6.61 Å². The normalized spacial score (nSPS) is 12.7. The third-order valence-corrected chi connectivity index (χ3v) is 1.42. The van der Waals surface area contributed by atoms with Gasteiger partial charge in [-0.05, 0) is 0 Å². The molecular formula is C8H7F7O2. The summed E-state index contributed by atoms with van der Waals surface area (Å²) in [4.78, 5) is 10.7. The van der Waals surface area contributed by atoms with E-state index in [9.17, 15) is 35.5 Å².